The molecule has 0 radical (unpaired) electrons. The number of aryl methyl sites for hydroxylation is 1. The van der Waals surface area contributed by atoms with Crippen molar-refractivity contribution in [2.75, 3.05) is 5.32 Å². The Morgan fingerprint density at radius 3 is 2.42 bits per heavy atom. The Hall–Kier alpha value is -3.02. The fraction of sp³-hybridized carbons (Fsp3) is 0.250. The van der Waals surface area contributed by atoms with Crippen molar-refractivity contribution in [1.29, 1.82) is 0 Å². The number of rotatable bonds is 7. The summed E-state index contributed by atoms with van der Waals surface area (Å²) < 4.78 is 17.9. The second-order valence-electron chi connectivity index (χ2n) is 5.92. The zero-order chi connectivity index (χ0) is 19.1. The topological polar surface area (TPSA) is 72.5 Å². The molecule has 1 amide bonds. The van der Waals surface area contributed by atoms with E-state index in [1.54, 1.807) is 12.1 Å². The number of Topliss-reactive ketones (excluding diaryl/α,β-unsaturated/α-hetero) is 1. The van der Waals surface area contributed by atoms with E-state index in [9.17, 15) is 18.8 Å². The summed E-state index contributed by atoms with van der Waals surface area (Å²) in [5, 5.41) is 2.67. The first-order valence-electron chi connectivity index (χ1n) is 8.21. The Morgan fingerprint density at radius 2 is 1.77 bits per heavy atom. The molecule has 6 heteroatoms. The highest BCUT2D eigenvalue weighted by Crippen LogP contribution is 2.11. The third-order valence-corrected chi connectivity index (χ3v) is 3.69. The van der Waals surface area contributed by atoms with Crippen molar-refractivity contribution < 1.29 is 23.5 Å². The molecule has 0 saturated heterocycles. The first kappa shape index (κ1) is 19.3. The van der Waals surface area contributed by atoms with Gasteiger partial charge >= 0.3 is 5.97 Å². The normalized spacial score (nSPS) is 11.5. The van der Waals surface area contributed by atoms with Crippen LogP contribution in [0.15, 0.2) is 48.5 Å². The van der Waals surface area contributed by atoms with Crippen LogP contribution in [0.4, 0.5) is 10.1 Å². The van der Waals surface area contributed by atoms with E-state index in [0.717, 1.165) is 5.56 Å². The molecule has 0 saturated carbocycles. The Morgan fingerprint density at radius 1 is 1.08 bits per heavy atom. The summed E-state index contributed by atoms with van der Waals surface area (Å²) in [7, 11) is 0. The number of hydrogen-bond donors (Lipinski definition) is 1. The number of esters is 1. The first-order chi connectivity index (χ1) is 12.3. The van der Waals surface area contributed by atoms with Crippen LogP contribution in [0.25, 0.3) is 0 Å². The smallest absolute Gasteiger partial charge is 0.307 e. The van der Waals surface area contributed by atoms with Crippen molar-refractivity contribution in [2.45, 2.75) is 32.8 Å². The maximum Gasteiger partial charge on any atom is 0.307 e. The Kier molecular flexibility index (Phi) is 6.60. The molecule has 2 rings (SSSR count). The van der Waals surface area contributed by atoms with Crippen molar-refractivity contribution in [3.63, 3.8) is 0 Å². The Balaban J connectivity index is 1.80. The van der Waals surface area contributed by atoms with Crippen LogP contribution in [-0.4, -0.2) is 23.8 Å². The Labute approximate surface area is 151 Å². The highest BCUT2D eigenvalue weighted by Gasteiger charge is 2.19. The maximum absolute atomic E-state index is 12.8. The number of ether oxygens (including phenoxy) is 1. The summed E-state index contributed by atoms with van der Waals surface area (Å²) in [4.78, 5) is 35.8. The predicted molar refractivity (Wildman–Crippen MR) is 95.3 cm³/mol. The molecule has 136 valence electrons. The largest absolute Gasteiger partial charge is 0.453 e. The Bertz CT molecular complexity index is 802. The number of hydrogen-bond acceptors (Lipinski definition) is 4. The molecule has 26 heavy (non-hydrogen) atoms. The lowest BCUT2D eigenvalue weighted by Crippen LogP contribution is -2.30. The summed E-state index contributed by atoms with van der Waals surface area (Å²) in [6, 6.07) is 12.3. The van der Waals surface area contributed by atoms with Gasteiger partial charge in [-0.3, -0.25) is 14.4 Å². The average molecular weight is 357 g/mol. The van der Waals surface area contributed by atoms with Gasteiger partial charge < -0.3 is 10.1 Å². The van der Waals surface area contributed by atoms with Crippen molar-refractivity contribution in [3.8, 4) is 0 Å². The van der Waals surface area contributed by atoms with Gasteiger partial charge in [-0.1, -0.05) is 12.1 Å². The molecule has 5 nitrogen and oxygen atoms in total. The van der Waals surface area contributed by atoms with E-state index in [1.165, 1.54) is 31.2 Å². The van der Waals surface area contributed by atoms with Gasteiger partial charge in [-0.15, -0.1) is 0 Å². The molecule has 0 fully saturated rings. The second-order valence-corrected chi connectivity index (χ2v) is 5.92. The molecule has 0 aliphatic rings. The standard InChI is InChI=1S/C20H20FNO4/c1-13-4-3-5-17(12-13)22-20(25)14(2)26-19(24)11-10-18(23)15-6-8-16(21)9-7-15/h3-9,12,14H,10-11H2,1-2H3,(H,22,25)/t14-/m1/s1. The van der Waals surface area contributed by atoms with Crippen LogP contribution in [0.1, 0.15) is 35.7 Å². The van der Waals surface area contributed by atoms with Gasteiger partial charge in [0.25, 0.3) is 5.91 Å². The van der Waals surface area contributed by atoms with Gasteiger partial charge in [0.15, 0.2) is 11.9 Å². The van der Waals surface area contributed by atoms with E-state index in [2.05, 4.69) is 5.32 Å². The number of halogens is 1. The predicted octanol–water partition coefficient (Wildman–Crippen LogP) is 3.67. The van der Waals surface area contributed by atoms with Crippen molar-refractivity contribution in [1.82, 2.24) is 0 Å². The zero-order valence-corrected chi connectivity index (χ0v) is 14.6. The van der Waals surface area contributed by atoms with Crippen LogP contribution in [-0.2, 0) is 14.3 Å². The SMILES string of the molecule is Cc1cccc(NC(=O)[C@@H](C)OC(=O)CCC(=O)c2ccc(F)cc2)c1. The molecule has 2 aromatic rings. The second kappa shape index (κ2) is 8.89. The minimum atomic E-state index is -0.982. The lowest BCUT2D eigenvalue weighted by Gasteiger charge is -2.13. The minimum Gasteiger partial charge on any atom is -0.453 e. The van der Waals surface area contributed by atoms with Gasteiger partial charge in [0, 0.05) is 17.7 Å². The number of amides is 1. The monoisotopic (exact) mass is 357 g/mol. The molecule has 0 aromatic heterocycles. The van der Waals surface area contributed by atoms with E-state index >= 15 is 0 Å². The van der Waals surface area contributed by atoms with Crippen LogP contribution in [0.2, 0.25) is 0 Å². The minimum absolute atomic E-state index is 0.0727. The number of anilines is 1. The van der Waals surface area contributed by atoms with E-state index in [0.29, 0.717) is 11.3 Å². The van der Waals surface area contributed by atoms with Gasteiger partial charge in [-0.25, -0.2) is 4.39 Å². The fourth-order valence-corrected chi connectivity index (χ4v) is 2.27. The number of nitrogens with one attached hydrogen (secondary N) is 1. The van der Waals surface area contributed by atoms with Crippen LogP contribution in [0.3, 0.4) is 0 Å². The molecule has 1 N–H and O–H groups in total. The van der Waals surface area contributed by atoms with E-state index in [4.69, 9.17) is 4.74 Å². The van der Waals surface area contributed by atoms with Crippen LogP contribution >= 0.6 is 0 Å². The lowest BCUT2D eigenvalue weighted by molar-refractivity contribution is -0.153. The van der Waals surface area contributed by atoms with Gasteiger partial charge in [-0.05, 0) is 55.8 Å². The highest BCUT2D eigenvalue weighted by molar-refractivity contribution is 5.98. The van der Waals surface area contributed by atoms with E-state index in [-0.39, 0.29) is 18.6 Å². The molecule has 0 bridgehead atoms. The van der Waals surface area contributed by atoms with Gasteiger partial charge in [0.05, 0.1) is 6.42 Å². The fourth-order valence-electron chi connectivity index (χ4n) is 2.27. The van der Waals surface area contributed by atoms with Crippen molar-refractivity contribution in [3.05, 3.63) is 65.5 Å². The highest BCUT2D eigenvalue weighted by atomic mass is 19.1. The van der Waals surface area contributed by atoms with E-state index < -0.39 is 23.8 Å². The van der Waals surface area contributed by atoms with E-state index in [1.807, 2.05) is 19.1 Å². The van der Waals surface area contributed by atoms with Gasteiger partial charge in [0.1, 0.15) is 5.82 Å². The zero-order valence-electron chi connectivity index (χ0n) is 14.6. The number of carbonyl (C=O) groups is 3. The molecule has 2 aromatic carbocycles. The maximum atomic E-state index is 12.8. The quantitative estimate of drug-likeness (QED) is 0.606. The van der Waals surface area contributed by atoms with Crippen LogP contribution in [0.5, 0.6) is 0 Å². The molecular formula is C20H20FNO4. The average Bonchev–Trinajstić information content (AvgIpc) is 2.60. The van der Waals surface area contributed by atoms with Gasteiger partial charge in [-0.2, -0.15) is 0 Å². The van der Waals surface area contributed by atoms with Crippen LogP contribution < -0.4 is 5.32 Å². The third kappa shape index (κ3) is 5.81. The summed E-state index contributed by atoms with van der Waals surface area (Å²) in [5.74, 6) is -1.82. The third-order valence-electron chi connectivity index (χ3n) is 3.69. The molecule has 0 unspecified atom stereocenters. The summed E-state index contributed by atoms with van der Waals surface area (Å²) in [5.41, 5.74) is 1.93. The lowest BCUT2D eigenvalue weighted by atomic mass is 10.1. The number of carbonyl (C=O) groups excluding carboxylic acids is 3. The molecule has 0 aliphatic heterocycles. The molecule has 0 aliphatic carbocycles. The van der Waals surface area contributed by atoms with Crippen molar-refractivity contribution in [2.24, 2.45) is 0 Å². The van der Waals surface area contributed by atoms with Gasteiger partial charge in [0.2, 0.25) is 0 Å². The molecule has 1 atom stereocenters. The molecule has 0 heterocycles. The number of benzene rings is 2. The summed E-state index contributed by atoms with van der Waals surface area (Å²) in [6.45, 7) is 3.36. The molecule has 0 spiro atoms. The first-order valence-corrected chi connectivity index (χ1v) is 8.21. The van der Waals surface area contributed by atoms with Crippen LogP contribution in [0, 0.1) is 12.7 Å². The number of ketones is 1. The molecular weight excluding hydrogens is 337 g/mol. The summed E-state index contributed by atoms with van der Waals surface area (Å²) >= 11 is 0. The summed E-state index contributed by atoms with van der Waals surface area (Å²) in [6.07, 6.45) is -1.21. The van der Waals surface area contributed by atoms with Crippen molar-refractivity contribution >= 4 is 23.3 Å².